The van der Waals surface area contributed by atoms with E-state index in [0.717, 1.165) is 35.9 Å². The fraction of sp³-hybridized carbons (Fsp3) is 0.280. The zero-order valence-electron chi connectivity index (χ0n) is 18.2. The van der Waals surface area contributed by atoms with Crippen molar-refractivity contribution in [1.29, 1.82) is 0 Å². The molecule has 0 atom stereocenters. The zero-order valence-corrected chi connectivity index (χ0v) is 18.2. The number of carbonyl (C=O) groups is 1. The van der Waals surface area contributed by atoms with Gasteiger partial charge in [-0.1, -0.05) is 42.5 Å². The number of piperazine rings is 1. The van der Waals surface area contributed by atoms with Crippen molar-refractivity contribution < 1.29 is 13.9 Å². The number of guanidine groups is 1. The molecule has 166 valence electrons. The zero-order chi connectivity index (χ0) is 22.2. The summed E-state index contributed by atoms with van der Waals surface area (Å²) >= 11 is 0. The van der Waals surface area contributed by atoms with Crippen LogP contribution in [-0.4, -0.2) is 54.9 Å². The number of hydrogen-bond acceptors (Lipinski definition) is 4. The van der Waals surface area contributed by atoms with Gasteiger partial charge in [0.25, 0.3) is 5.91 Å². The van der Waals surface area contributed by atoms with Gasteiger partial charge in [0.15, 0.2) is 11.7 Å². The molecular weight excluding hydrogens is 404 g/mol. The Morgan fingerprint density at radius 3 is 2.31 bits per heavy atom. The van der Waals surface area contributed by atoms with E-state index < -0.39 is 0 Å². The van der Waals surface area contributed by atoms with Crippen molar-refractivity contribution in [1.82, 2.24) is 15.1 Å². The van der Waals surface area contributed by atoms with Crippen molar-refractivity contribution in [2.45, 2.75) is 13.2 Å². The average Bonchev–Trinajstić information content (AvgIpc) is 3.40. The first-order chi connectivity index (χ1) is 15.7. The van der Waals surface area contributed by atoms with Crippen LogP contribution in [0.15, 0.2) is 82.4 Å². The van der Waals surface area contributed by atoms with Gasteiger partial charge in [0.2, 0.25) is 0 Å². The lowest BCUT2D eigenvalue weighted by atomic mass is 10.2. The summed E-state index contributed by atoms with van der Waals surface area (Å²) in [5, 5.41) is 3.42. The SMILES string of the molecule is CN=C(NCc1ccc(OCc2ccccc2)cc1)N1CCN(C(=O)c2ccco2)CC1. The molecule has 0 saturated carbocycles. The van der Waals surface area contributed by atoms with E-state index in [1.807, 2.05) is 35.2 Å². The molecule has 0 spiro atoms. The van der Waals surface area contributed by atoms with Crippen LogP contribution in [0, 0.1) is 0 Å². The highest BCUT2D eigenvalue weighted by molar-refractivity contribution is 5.91. The Hall–Kier alpha value is -3.74. The number of amides is 1. The van der Waals surface area contributed by atoms with Crippen molar-refractivity contribution in [2.75, 3.05) is 33.2 Å². The van der Waals surface area contributed by atoms with Gasteiger partial charge < -0.3 is 24.3 Å². The van der Waals surface area contributed by atoms with Gasteiger partial charge in [-0.05, 0) is 35.4 Å². The molecule has 1 aromatic heterocycles. The normalized spacial score (nSPS) is 14.3. The van der Waals surface area contributed by atoms with E-state index in [4.69, 9.17) is 9.15 Å². The first kappa shape index (κ1) is 21.5. The Morgan fingerprint density at radius 2 is 1.66 bits per heavy atom. The van der Waals surface area contributed by atoms with Crippen LogP contribution in [0.1, 0.15) is 21.7 Å². The molecule has 1 N–H and O–H groups in total. The predicted molar refractivity (Wildman–Crippen MR) is 124 cm³/mol. The van der Waals surface area contributed by atoms with Crippen LogP contribution in [0.2, 0.25) is 0 Å². The molecule has 2 heterocycles. The minimum absolute atomic E-state index is 0.0628. The monoisotopic (exact) mass is 432 g/mol. The second-order valence-corrected chi connectivity index (χ2v) is 7.58. The minimum atomic E-state index is -0.0628. The number of nitrogens with zero attached hydrogens (tertiary/aromatic N) is 3. The Balaban J connectivity index is 1.23. The van der Waals surface area contributed by atoms with Gasteiger partial charge in [0, 0.05) is 39.8 Å². The Morgan fingerprint density at radius 1 is 0.938 bits per heavy atom. The highest BCUT2D eigenvalue weighted by Gasteiger charge is 2.25. The summed E-state index contributed by atoms with van der Waals surface area (Å²) in [5.74, 6) is 2.00. The van der Waals surface area contributed by atoms with Gasteiger partial charge in [-0.15, -0.1) is 0 Å². The van der Waals surface area contributed by atoms with Gasteiger partial charge in [-0.25, -0.2) is 0 Å². The van der Waals surface area contributed by atoms with Gasteiger partial charge in [0.1, 0.15) is 12.4 Å². The number of furan rings is 1. The molecule has 1 aliphatic heterocycles. The molecular formula is C25H28N4O3. The van der Waals surface area contributed by atoms with Crippen LogP contribution < -0.4 is 10.1 Å². The number of hydrogen-bond donors (Lipinski definition) is 1. The summed E-state index contributed by atoms with van der Waals surface area (Å²) in [6.45, 7) is 3.93. The summed E-state index contributed by atoms with van der Waals surface area (Å²) in [4.78, 5) is 20.8. The number of aliphatic imine (C=N–C) groups is 1. The fourth-order valence-electron chi connectivity index (χ4n) is 3.64. The largest absolute Gasteiger partial charge is 0.489 e. The van der Waals surface area contributed by atoms with E-state index in [1.165, 1.54) is 6.26 Å². The lowest BCUT2D eigenvalue weighted by Gasteiger charge is -2.36. The maximum absolute atomic E-state index is 12.4. The highest BCUT2D eigenvalue weighted by Crippen LogP contribution is 2.15. The number of nitrogens with one attached hydrogen (secondary N) is 1. The van der Waals surface area contributed by atoms with E-state index >= 15 is 0 Å². The third-order valence-electron chi connectivity index (χ3n) is 5.43. The number of carbonyl (C=O) groups excluding carboxylic acids is 1. The number of ether oxygens (including phenoxy) is 1. The summed E-state index contributed by atoms with van der Waals surface area (Å²) in [6, 6.07) is 21.6. The maximum Gasteiger partial charge on any atom is 0.289 e. The smallest absolute Gasteiger partial charge is 0.289 e. The van der Waals surface area contributed by atoms with Crippen molar-refractivity contribution in [2.24, 2.45) is 4.99 Å². The fourth-order valence-corrected chi connectivity index (χ4v) is 3.64. The lowest BCUT2D eigenvalue weighted by Crippen LogP contribution is -2.53. The summed E-state index contributed by atoms with van der Waals surface area (Å²) in [7, 11) is 1.78. The van der Waals surface area contributed by atoms with E-state index in [0.29, 0.717) is 32.0 Å². The Labute approximate surface area is 188 Å². The third kappa shape index (κ3) is 5.49. The van der Waals surface area contributed by atoms with Crippen LogP contribution in [0.3, 0.4) is 0 Å². The molecule has 0 bridgehead atoms. The molecule has 7 heteroatoms. The molecule has 1 fully saturated rings. The molecule has 1 saturated heterocycles. The first-order valence-electron chi connectivity index (χ1n) is 10.8. The van der Waals surface area contributed by atoms with Crippen LogP contribution >= 0.6 is 0 Å². The molecule has 0 aliphatic carbocycles. The van der Waals surface area contributed by atoms with Crippen molar-refractivity contribution in [3.63, 3.8) is 0 Å². The van der Waals surface area contributed by atoms with Crippen molar-refractivity contribution in [3.8, 4) is 5.75 Å². The quantitative estimate of drug-likeness (QED) is 0.478. The number of rotatable bonds is 6. The van der Waals surface area contributed by atoms with Crippen LogP contribution in [0.5, 0.6) is 5.75 Å². The van der Waals surface area contributed by atoms with Crippen molar-refractivity contribution >= 4 is 11.9 Å². The Bertz CT molecular complexity index is 1010. The van der Waals surface area contributed by atoms with Crippen LogP contribution in [-0.2, 0) is 13.2 Å². The van der Waals surface area contributed by atoms with E-state index in [1.54, 1.807) is 19.2 Å². The van der Waals surface area contributed by atoms with Crippen LogP contribution in [0.25, 0.3) is 0 Å². The first-order valence-corrected chi connectivity index (χ1v) is 10.8. The molecule has 0 radical (unpaired) electrons. The highest BCUT2D eigenvalue weighted by atomic mass is 16.5. The van der Waals surface area contributed by atoms with E-state index in [9.17, 15) is 4.79 Å². The lowest BCUT2D eigenvalue weighted by molar-refractivity contribution is 0.0657. The average molecular weight is 433 g/mol. The minimum Gasteiger partial charge on any atom is -0.489 e. The summed E-state index contributed by atoms with van der Waals surface area (Å²) in [5.41, 5.74) is 2.29. The molecule has 1 aliphatic rings. The second-order valence-electron chi connectivity index (χ2n) is 7.58. The third-order valence-corrected chi connectivity index (χ3v) is 5.43. The topological polar surface area (TPSA) is 70.3 Å². The van der Waals surface area contributed by atoms with E-state index in [-0.39, 0.29) is 5.91 Å². The summed E-state index contributed by atoms with van der Waals surface area (Å²) < 4.78 is 11.1. The predicted octanol–water partition coefficient (Wildman–Crippen LogP) is 3.39. The van der Waals surface area contributed by atoms with Crippen molar-refractivity contribution in [3.05, 3.63) is 89.9 Å². The summed E-state index contributed by atoms with van der Waals surface area (Å²) in [6.07, 6.45) is 1.52. The van der Waals surface area contributed by atoms with Gasteiger partial charge in [-0.2, -0.15) is 0 Å². The standard InChI is InChI=1S/C25H28N4O3/c1-26-25(29-15-13-28(14-16-29)24(30)23-8-5-17-31-23)27-18-20-9-11-22(12-10-20)32-19-21-6-3-2-4-7-21/h2-12,17H,13-16,18-19H2,1H3,(H,26,27). The Kier molecular flexibility index (Phi) is 7.07. The van der Waals surface area contributed by atoms with Gasteiger partial charge in [-0.3, -0.25) is 9.79 Å². The molecule has 0 unspecified atom stereocenters. The van der Waals surface area contributed by atoms with Crippen LogP contribution in [0.4, 0.5) is 0 Å². The molecule has 2 aromatic carbocycles. The van der Waals surface area contributed by atoms with Gasteiger partial charge in [0.05, 0.1) is 6.26 Å². The maximum atomic E-state index is 12.4. The number of benzene rings is 2. The van der Waals surface area contributed by atoms with Gasteiger partial charge >= 0.3 is 0 Å². The molecule has 32 heavy (non-hydrogen) atoms. The molecule has 1 amide bonds. The molecule has 4 rings (SSSR count). The molecule has 3 aromatic rings. The van der Waals surface area contributed by atoms with E-state index in [2.05, 4.69) is 39.5 Å². The molecule has 7 nitrogen and oxygen atoms in total. The second kappa shape index (κ2) is 10.5.